The highest BCUT2D eigenvalue weighted by atomic mass is 16.2. The first-order valence-corrected chi connectivity index (χ1v) is 4.88. The summed E-state index contributed by atoms with van der Waals surface area (Å²) < 4.78 is 0. The number of ketones is 2. The van der Waals surface area contributed by atoms with Crippen LogP contribution in [0.5, 0.6) is 0 Å². The van der Waals surface area contributed by atoms with E-state index in [4.69, 9.17) is 0 Å². The van der Waals surface area contributed by atoms with Gasteiger partial charge in [0.2, 0.25) is 11.6 Å². The third kappa shape index (κ3) is 1.13. The zero-order chi connectivity index (χ0) is 10.4. The summed E-state index contributed by atoms with van der Waals surface area (Å²) in [6.07, 6.45) is 1.81. The molecule has 0 unspecified atom stereocenters. The minimum Gasteiger partial charge on any atom is -0.356 e. The van der Waals surface area contributed by atoms with Gasteiger partial charge in [0.1, 0.15) is 0 Å². The van der Waals surface area contributed by atoms with Gasteiger partial charge in [0.25, 0.3) is 0 Å². The molecule has 1 fully saturated rings. The molecule has 3 rings (SSSR count). The van der Waals surface area contributed by atoms with Crippen molar-refractivity contribution in [1.29, 1.82) is 0 Å². The van der Waals surface area contributed by atoms with Crippen LogP contribution in [0.3, 0.4) is 0 Å². The van der Waals surface area contributed by atoms with Crippen molar-refractivity contribution >= 4 is 17.6 Å². The van der Waals surface area contributed by atoms with E-state index in [0.29, 0.717) is 12.2 Å². The number of benzene rings is 1. The molecule has 0 aliphatic carbocycles. The molecule has 1 aromatic carbocycles. The smallest absolute Gasteiger partial charge is 0.246 e. The topological polar surface area (TPSA) is 37.4 Å². The monoisotopic (exact) mass is 199 g/mol. The number of carbonyl (C=O) groups excluding carboxylic acids is 2. The van der Waals surface area contributed by atoms with E-state index >= 15 is 0 Å². The van der Waals surface area contributed by atoms with Crippen molar-refractivity contribution in [3.8, 4) is 0 Å². The zero-order valence-electron chi connectivity index (χ0n) is 8.06. The average molecular weight is 199 g/mol. The first-order chi connectivity index (χ1) is 7.25. The van der Waals surface area contributed by atoms with Gasteiger partial charge in [-0.25, -0.2) is 0 Å². The Morgan fingerprint density at radius 3 is 2.73 bits per heavy atom. The van der Waals surface area contributed by atoms with Crippen LogP contribution in [0.15, 0.2) is 30.0 Å². The Balaban J connectivity index is 2.14. The van der Waals surface area contributed by atoms with Gasteiger partial charge in [-0.1, -0.05) is 24.3 Å². The first kappa shape index (κ1) is 8.41. The van der Waals surface area contributed by atoms with Crippen LogP contribution in [0.1, 0.15) is 11.1 Å². The normalized spacial score (nSPS) is 18.7. The average Bonchev–Trinajstić information content (AvgIpc) is 2.52. The third-order valence-corrected chi connectivity index (χ3v) is 2.87. The molecule has 1 saturated heterocycles. The number of hydrogen-bond donors (Lipinski definition) is 0. The molecule has 0 N–H and O–H groups in total. The maximum atomic E-state index is 11.5. The summed E-state index contributed by atoms with van der Waals surface area (Å²) in [7, 11) is 0. The highest BCUT2D eigenvalue weighted by Gasteiger charge is 2.35. The molecule has 2 aliphatic heterocycles. The van der Waals surface area contributed by atoms with Crippen LogP contribution in [-0.4, -0.2) is 23.0 Å². The number of hydrogen-bond acceptors (Lipinski definition) is 3. The molecular formula is C12H9NO2. The zero-order valence-corrected chi connectivity index (χ0v) is 8.06. The molecule has 0 aromatic heterocycles. The Kier molecular flexibility index (Phi) is 1.57. The second-order valence-electron chi connectivity index (χ2n) is 3.84. The summed E-state index contributed by atoms with van der Waals surface area (Å²) in [6.45, 7) is 0.901. The fourth-order valence-corrected chi connectivity index (χ4v) is 2.09. The minimum atomic E-state index is -0.343. The van der Waals surface area contributed by atoms with Gasteiger partial charge in [0.15, 0.2) is 0 Å². The van der Waals surface area contributed by atoms with Gasteiger partial charge >= 0.3 is 0 Å². The van der Waals surface area contributed by atoms with Gasteiger partial charge in [-0.15, -0.1) is 0 Å². The Morgan fingerprint density at radius 1 is 1.07 bits per heavy atom. The van der Waals surface area contributed by atoms with Crippen LogP contribution in [0, 0.1) is 0 Å². The molecule has 1 aromatic rings. The van der Waals surface area contributed by atoms with Gasteiger partial charge in [0, 0.05) is 6.54 Å². The third-order valence-electron chi connectivity index (χ3n) is 2.87. The second kappa shape index (κ2) is 2.79. The number of nitrogens with zero attached hydrogens (tertiary/aromatic N) is 1. The van der Waals surface area contributed by atoms with Gasteiger partial charge in [-0.2, -0.15) is 0 Å². The molecule has 0 bridgehead atoms. The van der Waals surface area contributed by atoms with Crippen LogP contribution in [0.25, 0.3) is 6.08 Å². The summed E-state index contributed by atoms with van der Waals surface area (Å²) in [5, 5.41) is 0. The van der Waals surface area contributed by atoms with E-state index in [2.05, 4.69) is 0 Å². The number of Topliss-reactive ketones (excluding diaryl/α,β-unsaturated/α-hetero) is 2. The number of carbonyl (C=O) groups is 2. The molecule has 2 aliphatic rings. The van der Waals surface area contributed by atoms with Gasteiger partial charge in [-0.3, -0.25) is 9.59 Å². The Hall–Kier alpha value is -1.90. The largest absolute Gasteiger partial charge is 0.356 e. The molecular weight excluding hydrogens is 190 g/mol. The lowest BCUT2D eigenvalue weighted by atomic mass is 10.0. The molecule has 15 heavy (non-hydrogen) atoms. The van der Waals surface area contributed by atoms with Crippen molar-refractivity contribution in [2.24, 2.45) is 0 Å². The van der Waals surface area contributed by atoms with E-state index in [1.807, 2.05) is 35.2 Å². The number of rotatable bonds is 0. The van der Waals surface area contributed by atoms with Gasteiger partial charge in [0.05, 0.1) is 12.2 Å². The van der Waals surface area contributed by atoms with E-state index in [1.165, 1.54) is 5.56 Å². The summed E-state index contributed by atoms with van der Waals surface area (Å²) in [5.74, 6) is -0.640. The highest BCUT2D eigenvalue weighted by Crippen LogP contribution is 2.28. The van der Waals surface area contributed by atoms with Crippen molar-refractivity contribution < 1.29 is 9.59 Å². The van der Waals surface area contributed by atoms with Crippen molar-refractivity contribution in [3.05, 3.63) is 41.1 Å². The number of fused-ring (bicyclic) bond motifs is 2. The van der Waals surface area contributed by atoms with Crippen LogP contribution >= 0.6 is 0 Å². The highest BCUT2D eigenvalue weighted by molar-refractivity contribution is 6.47. The lowest BCUT2D eigenvalue weighted by molar-refractivity contribution is -0.132. The molecule has 3 heteroatoms. The molecule has 0 spiro atoms. The Morgan fingerprint density at radius 2 is 1.87 bits per heavy atom. The molecule has 2 heterocycles. The van der Waals surface area contributed by atoms with Crippen LogP contribution in [0.2, 0.25) is 0 Å². The van der Waals surface area contributed by atoms with Crippen molar-refractivity contribution in [1.82, 2.24) is 4.90 Å². The van der Waals surface area contributed by atoms with E-state index in [-0.39, 0.29) is 18.1 Å². The fourth-order valence-electron chi connectivity index (χ4n) is 2.09. The molecule has 0 amide bonds. The Labute approximate surface area is 87.0 Å². The van der Waals surface area contributed by atoms with Gasteiger partial charge in [-0.05, 0) is 17.2 Å². The predicted octanol–water partition coefficient (Wildman–Crippen LogP) is 0.995. The van der Waals surface area contributed by atoms with Crippen molar-refractivity contribution in [3.63, 3.8) is 0 Å². The van der Waals surface area contributed by atoms with Crippen molar-refractivity contribution in [2.75, 3.05) is 6.54 Å². The fraction of sp³-hybridized carbons (Fsp3) is 0.167. The SMILES string of the molecule is O=C1CN2Cc3ccccc3C=C2C1=O. The predicted molar refractivity (Wildman–Crippen MR) is 54.8 cm³/mol. The summed E-state index contributed by atoms with van der Waals surface area (Å²) in [4.78, 5) is 24.6. The van der Waals surface area contributed by atoms with Gasteiger partial charge < -0.3 is 4.90 Å². The first-order valence-electron chi connectivity index (χ1n) is 4.88. The van der Waals surface area contributed by atoms with E-state index in [0.717, 1.165) is 5.56 Å². The molecule has 3 nitrogen and oxygen atoms in total. The van der Waals surface area contributed by atoms with Crippen LogP contribution in [0.4, 0.5) is 0 Å². The Bertz CT molecular complexity index is 502. The quantitative estimate of drug-likeness (QED) is 0.585. The molecule has 0 saturated carbocycles. The molecule has 74 valence electrons. The maximum Gasteiger partial charge on any atom is 0.246 e. The van der Waals surface area contributed by atoms with Crippen LogP contribution in [-0.2, 0) is 16.1 Å². The van der Waals surface area contributed by atoms with E-state index < -0.39 is 0 Å². The van der Waals surface area contributed by atoms with Crippen molar-refractivity contribution in [2.45, 2.75) is 6.54 Å². The molecule has 0 atom stereocenters. The summed E-state index contributed by atoms with van der Waals surface area (Å²) in [6, 6.07) is 7.90. The number of allylic oxidation sites excluding steroid dienone is 1. The van der Waals surface area contributed by atoms with E-state index in [1.54, 1.807) is 0 Å². The maximum absolute atomic E-state index is 11.5. The lowest BCUT2D eigenvalue weighted by Crippen LogP contribution is -2.22. The standard InChI is InChI=1S/C12H9NO2/c14-11-7-13-6-9-4-2-1-3-8(9)5-10(13)12(11)15/h1-5H,6-7H2. The van der Waals surface area contributed by atoms with Crippen LogP contribution < -0.4 is 0 Å². The lowest BCUT2D eigenvalue weighted by Gasteiger charge is -2.23. The summed E-state index contributed by atoms with van der Waals surface area (Å²) >= 11 is 0. The second-order valence-corrected chi connectivity index (χ2v) is 3.84. The van der Waals surface area contributed by atoms with E-state index in [9.17, 15) is 9.59 Å². The minimum absolute atomic E-state index is 0.235. The molecule has 0 radical (unpaired) electrons. The summed E-state index contributed by atoms with van der Waals surface area (Å²) in [5.41, 5.74) is 2.77.